The van der Waals surface area contributed by atoms with Gasteiger partial charge in [0.1, 0.15) is 0 Å². The summed E-state index contributed by atoms with van der Waals surface area (Å²) in [5.41, 5.74) is 8.47. The molecule has 0 unspecified atom stereocenters. The lowest BCUT2D eigenvalue weighted by Gasteiger charge is -2.22. The highest BCUT2D eigenvalue weighted by atomic mass is 32.2. The number of hydrogen-bond donors (Lipinski definition) is 1. The van der Waals surface area contributed by atoms with E-state index in [0.29, 0.717) is 12.1 Å². The van der Waals surface area contributed by atoms with Gasteiger partial charge in [0.15, 0.2) is 0 Å². The van der Waals surface area contributed by atoms with Gasteiger partial charge in [0, 0.05) is 18.0 Å². The topological polar surface area (TPSA) is 81.2 Å². The summed E-state index contributed by atoms with van der Waals surface area (Å²) in [5, 5.41) is 4.93. The van der Waals surface area contributed by atoms with Crippen molar-refractivity contribution in [3.8, 4) is 0 Å². The molecule has 3 aromatic rings. The molecule has 1 aromatic heterocycles. The predicted molar refractivity (Wildman–Crippen MR) is 104 cm³/mol. The Morgan fingerprint density at radius 1 is 1.15 bits per heavy atom. The highest BCUT2D eigenvalue weighted by Crippen LogP contribution is 2.22. The first kappa shape index (κ1) is 18.6. The molecule has 138 valence electrons. The fraction of sp³-hybridized carbons (Fsp3) is 0.316. The maximum absolute atomic E-state index is 13.0. The van der Waals surface area contributed by atoms with Gasteiger partial charge in [-0.1, -0.05) is 29.8 Å². The molecule has 0 saturated carbocycles. The van der Waals surface area contributed by atoms with E-state index in [1.807, 2.05) is 39.2 Å². The zero-order chi connectivity index (χ0) is 18.9. The van der Waals surface area contributed by atoms with Gasteiger partial charge in [0.2, 0.25) is 0 Å². The number of aromatic nitrogens is 2. The van der Waals surface area contributed by atoms with E-state index in [4.69, 9.17) is 5.73 Å². The van der Waals surface area contributed by atoms with Crippen molar-refractivity contribution in [2.45, 2.75) is 24.3 Å². The number of aryl methyl sites for hydroxylation is 1. The monoisotopic (exact) mass is 372 g/mol. The summed E-state index contributed by atoms with van der Waals surface area (Å²) in [6.07, 6.45) is 2.33. The lowest BCUT2D eigenvalue weighted by Crippen LogP contribution is -2.36. The summed E-state index contributed by atoms with van der Waals surface area (Å²) in [6.45, 7) is 2.45. The van der Waals surface area contributed by atoms with Gasteiger partial charge in [-0.15, -0.1) is 0 Å². The molecule has 3 rings (SSSR count). The summed E-state index contributed by atoms with van der Waals surface area (Å²) in [4.78, 5) is 2.30. The second-order valence-electron chi connectivity index (χ2n) is 6.76. The molecule has 2 aromatic carbocycles. The summed E-state index contributed by atoms with van der Waals surface area (Å²) < 4.78 is 27.1. The number of nitrogens with zero attached hydrogens (tertiary/aromatic N) is 3. The third kappa shape index (κ3) is 3.51. The minimum atomic E-state index is -3.74. The fourth-order valence-corrected chi connectivity index (χ4v) is 4.19. The summed E-state index contributed by atoms with van der Waals surface area (Å²) in [6, 6.07) is 12.8. The van der Waals surface area contributed by atoms with Gasteiger partial charge >= 0.3 is 0 Å². The third-order valence-electron chi connectivity index (χ3n) is 4.62. The van der Waals surface area contributed by atoms with Crippen LogP contribution in [-0.4, -0.2) is 49.2 Å². The Labute approximate surface area is 154 Å². The summed E-state index contributed by atoms with van der Waals surface area (Å²) in [5.74, 6) is 0. The van der Waals surface area contributed by atoms with Crippen molar-refractivity contribution in [3.63, 3.8) is 0 Å². The van der Waals surface area contributed by atoms with Crippen LogP contribution in [0.15, 0.2) is 53.6 Å². The predicted octanol–water partition coefficient (Wildman–Crippen LogP) is 2.01. The van der Waals surface area contributed by atoms with E-state index < -0.39 is 10.0 Å². The van der Waals surface area contributed by atoms with Gasteiger partial charge in [0.05, 0.1) is 16.6 Å². The van der Waals surface area contributed by atoms with Gasteiger partial charge in [-0.05, 0) is 51.2 Å². The van der Waals surface area contributed by atoms with Crippen molar-refractivity contribution in [1.29, 1.82) is 0 Å². The van der Waals surface area contributed by atoms with Crippen LogP contribution in [-0.2, 0) is 16.4 Å². The van der Waals surface area contributed by atoms with Crippen LogP contribution in [0.25, 0.3) is 10.9 Å². The van der Waals surface area contributed by atoms with Crippen LogP contribution in [0.5, 0.6) is 0 Å². The molecule has 1 heterocycles. The molecule has 0 aliphatic carbocycles. The molecular formula is C19H24N4O2S. The Hall–Kier alpha value is -2.22. The van der Waals surface area contributed by atoms with E-state index in [9.17, 15) is 8.42 Å². The zero-order valence-corrected chi connectivity index (χ0v) is 16.1. The largest absolute Gasteiger partial charge is 0.329 e. The highest BCUT2D eigenvalue weighted by Gasteiger charge is 2.21. The van der Waals surface area contributed by atoms with E-state index in [1.54, 1.807) is 30.5 Å². The molecule has 0 amide bonds. The third-order valence-corrected chi connectivity index (χ3v) is 6.24. The van der Waals surface area contributed by atoms with Crippen molar-refractivity contribution in [1.82, 2.24) is 14.1 Å². The van der Waals surface area contributed by atoms with Gasteiger partial charge in [0.25, 0.3) is 10.0 Å². The number of benzene rings is 2. The number of fused-ring (bicyclic) bond motifs is 1. The Bertz CT molecular complexity index is 1010. The highest BCUT2D eigenvalue weighted by molar-refractivity contribution is 7.90. The molecule has 0 aliphatic rings. The van der Waals surface area contributed by atoms with Crippen LogP contribution >= 0.6 is 0 Å². The maximum Gasteiger partial charge on any atom is 0.283 e. The number of rotatable bonds is 6. The molecule has 26 heavy (non-hydrogen) atoms. The first-order chi connectivity index (χ1) is 12.3. The maximum atomic E-state index is 13.0. The Morgan fingerprint density at radius 3 is 2.46 bits per heavy atom. The molecule has 0 spiro atoms. The summed E-state index contributed by atoms with van der Waals surface area (Å²) in [7, 11) is 0.241. The Morgan fingerprint density at radius 2 is 1.85 bits per heavy atom. The van der Waals surface area contributed by atoms with E-state index in [1.165, 1.54) is 0 Å². The lowest BCUT2D eigenvalue weighted by atomic mass is 10.0. The van der Waals surface area contributed by atoms with Crippen LogP contribution in [0.1, 0.15) is 11.1 Å². The molecule has 0 aliphatic heterocycles. The van der Waals surface area contributed by atoms with Crippen molar-refractivity contribution in [2.24, 2.45) is 5.73 Å². The molecule has 0 radical (unpaired) electrons. The summed E-state index contributed by atoms with van der Waals surface area (Å²) >= 11 is 0. The number of nitrogens with two attached hydrogens (primary N) is 1. The van der Waals surface area contributed by atoms with Crippen LogP contribution in [0.2, 0.25) is 0 Å². The van der Waals surface area contributed by atoms with E-state index in [2.05, 4.69) is 10.00 Å². The van der Waals surface area contributed by atoms with Crippen LogP contribution < -0.4 is 5.73 Å². The van der Waals surface area contributed by atoms with E-state index in [-0.39, 0.29) is 10.9 Å². The Balaban J connectivity index is 2.04. The second-order valence-corrected chi connectivity index (χ2v) is 8.52. The van der Waals surface area contributed by atoms with Crippen molar-refractivity contribution in [2.75, 3.05) is 20.6 Å². The van der Waals surface area contributed by atoms with Crippen molar-refractivity contribution in [3.05, 3.63) is 59.8 Å². The lowest BCUT2D eigenvalue weighted by molar-refractivity contribution is 0.298. The SMILES string of the molecule is Cc1ccc(S(=O)(=O)n2ncc3ccc(C[C@@H](CN)N(C)C)cc32)cc1. The molecule has 7 heteroatoms. The van der Waals surface area contributed by atoms with Crippen LogP contribution in [0.4, 0.5) is 0 Å². The van der Waals surface area contributed by atoms with Gasteiger partial charge in [-0.25, -0.2) is 0 Å². The molecule has 1 atom stereocenters. The first-order valence-corrected chi connectivity index (χ1v) is 9.92. The van der Waals surface area contributed by atoms with Crippen LogP contribution in [0, 0.1) is 6.92 Å². The number of hydrogen-bond acceptors (Lipinski definition) is 5. The minimum Gasteiger partial charge on any atom is -0.329 e. The average Bonchev–Trinajstić information content (AvgIpc) is 3.03. The first-order valence-electron chi connectivity index (χ1n) is 8.48. The smallest absolute Gasteiger partial charge is 0.283 e. The molecular weight excluding hydrogens is 348 g/mol. The molecule has 0 fully saturated rings. The van der Waals surface area contributed by atoms with Gasteiger partial charge in [-0.3, -0.25) is 0 Å². The zero-order valence-electron chi connectivity index (χ0n) is 15.3. The second kappa shape index (κ2) is 7.19. The Kier molecular flexibility index (Phi) is 5.13. The minimum absolute atomic E-state index is 0.192. The van der Waals surface area contributed by atoms with E-state index >= 15 is 0 Å². The average molecular weight is 372 g/mol. The molecule has 0 saturated heterocycles. The molecule has 6 nitrogen and oxygen atoms in total. The van der Waals surface area contributed by atoms with Crippen molar-refractivity contribution < 1.29 is 8.42 Å². The standard InChI is InChI=1S/C19H24N4O2S/c1-14-4-8-18(9-5-14)26(24,25)23-19-11-15(6-7-16(19)13-21-23)10-17(12-20)22(2)3/h4-9,11,13,17H,10,12,20H2,1-3H3/t17-/m0/s1. The van der Waals surface area contributed by atoms with Gasteiger partial charge in [-0.2, -0.15) is 17.6 Å². The van der Waals surface area contributed by atoms with E-state index in [0.717, 1.165) is 27.0 Å². The fourth-order valence-electron chi connectivity index (χ4n) is 2.92. The molecule has 0 bridgehead atoms. The number of likely N-dealkylation sites (N-methyl/N-ethyl adjacent to an activating group) is 1. The van der Waals surface area contributed by atoms with Gasteiger partial charge < -0.3 is 10.6 Å². The quantitative estimate of drug-likeness (QED) is 0.716. The molecule has 2 N–H and O–H groups in total. The van der Waals surface area contributed by atoms with Crippen LogP contribution in [0.3, 0.4) is 0 Å². The van der Waals surface area contributed by atoms with Crippen molar-refractivity contribution >= 4 is 20.9 Å². The normalized spacial score (nSPS) is 13.4.